The molecule has 9 nitrogen and oxygen atoms in total. The Bertz CT molecular complexity index is 1550. The first-order chi connectivity index (χ1) is 19.8. The van der Waals surface area contributed by atoms with Crippen LogP contribution < -0.4 is 5.43 Å². The minimum absolute atomic E-state index is 0.0653. The monoisotopic (exact) mass is 594 g/mol. The third-order valence-corrected chi connectivity index (χ3v) is 7.21. The van der Waals surface area contributed by atoms with Crippen LogP contribution in [0.4, 0.5) is 22.0 Å². The molecule has 224 valence electrons. The Labute approximate surface area is 236 Å². The minimum Gasteiger partial charge on any atom is -0.475 e. The molecule has 1 saturated heterocycles. The first-order valence-electron chi connectivity index (χ1n) is 13.2. The Morgan fingerprint density at radius 1 is 0.976 bits per heavy atom. The zero-order chi connectivity index (χ0) is 30.6. The summed E-state index contributed by atoms with van der Waals surface area (Å²) in [5.74, 6) is -4.58. The van der Waals surface area contributed by atoms with Crippen LogP contribution in [0.25, 0.3) is 10.9 Å². The highest BCUT2D eigenvalue weighted by atomic mass is 19.4. The lowest BCUT2D eigenvalue weighted by Gasteiger charge is -2.40. The summed E-state index contributed by atoms with van der Waals surface area (Å²) in [4.78, 5) is 50.2. The third-order valence-electron chi connectivity index (χ3n) is 7.21. The Morgan fingerprint density at radius 3 is 2.31 bits per heavy atom. The van der Waals surface area contributed by atoms with Gasteiger partial charge in [-0.3, -0.25) is 19.1 Å². The SMILES string of the molecule is O=C(O)C(F)(F)F.O=C(c1cc(Cn2ncc(=O)c3ccc(F)cc32)ccc1F)N1CCN(C2CCCCC2)C(=O)C1. The number of carbonyl (C=O) groups excluding carboxylic acids is 2. The molecule has 1 aliphatic carbocycles. The highest BCUT2D eigenvalue weighted by Gasteiger charge is 2.38. The summed E-state index contributed by atoms with van der Waals surface area (Å²) in [6.45, 7) is 0.852. The van der Waals surface area contributed by atoms with Gasteiger partial charge in [-0.15, -0.1) is 0 Å². The number of halogens is 5. The van der Waals surface area contributed by atoms with Crippen LogP contribution in [0.5, 0.6) is 0 Å². The topological polar surface area (TPSA) is 113 Å². The lowest BCUT2D eigenvalue weighted by Crippen LogP contribution is -2.55. The number of hydrogen-bond donors (Lipinski definition) is 1. The van der Waals surface area contributed by atoms with Crippen LogP contribution in [0.15, 0.2) is 47.4 Å². The molecule has 2 aromatic carbocycles. The van der Waals surface area contributed by atoms with Gasteiger partial charge in [-0.2, -0.15) is 18.3 Å². The van der Waals surface area contributed by atoms with Crippen molar-refractivity contribution in [1.29, 1.82) is 0 Å². The molecule has 2 heterocycles. The maximum atomic E-state index is 14.7. The first-order valence-corrected chi connectivity index (χ1v) is 13.2. The number of benzene rings is 2. The van der Waals surface area contributed by atoms with Crippen molar-refractivity contribution in [2.75, 3.05) is 19.6 Å². The van der Waals surface area contributed by atoms with E-state index < -0.39 is 29.7 Å². The second-order valence-electron chi connectivity index (χ2n) is 10.1. The van der Waals surface area contributed by atoms with Gasteiger partial charge in [0.05, 0.1) is 23.8 Å². The highest BCUT2D eigenvalue weighted by Crippen LogP contribution is 2.25. The maximum absolute atomic E-state index is 14.7. The van der Waals surface area contributed by atoms with Gasteiger partial charge in [0, 0.05) is 24.5 Å². The van der Waals surface area contributed by atoms with Crippen LogP contribution in [-0.4, -0.2) is 74.3 Å². The van der Waals surface area contributed by atoms with E-state index in [1.165, 1.54) is 52.4 Å². The van der Waals surface area contributed by atoms with Crippen molar-refractivity contribution in [3.63, 3.8) is 0 Å². The van der Waals surface area contributed by atoms with Gasteiger partial charge in [-0.05, 0) is 48.7 Å². The van der Waals surface area contributed by atoms with Crippen molar-refractivity contribution in [3.8, 4) is 0 Å². The van der Waals surface area contributed by atoms with Crippen molar-refractivity contribution in [2.45, 2.75) is 50.9 Å². The van der Waals surface area contributed by atoms with Gasteiger partial charge in [0.2, 0.25) is 11.3 Å². The molecule has 5 rings (SSSR count). The molecule has 0 unspecified atom stereocenters. The fourth-order valence-corrected chi connectivity index (χ4v) is 5.12. The number of nitrogens with zero attached hydrogens (tertiary/aromatic N) is 4. The van der Waals surface area contributed by atoms with Crippen LogP contribution >= 0.6 is 0 Å². The van der Waals surface area contributed by atoms with Gasteiger partial charge >= 0.3 is 12.1 Å². The first kappa shape index (κ1) is 30.6. The number of carbonyl (C=O) groups is 3. The predicted molar refractivity (Wildman–Crippen MR) is 140 cm³/mol. The van der Waals surface area contributed by atoms with Crippen LogP contribution in [0.3, 0.4) is 0 Å². The molecule has 2 amide bonds. The van der Waals surface area contributed by atoms with Crippen molar-refractivity contribution < 1.29 is 41.4 Å². The molecule has 2 fully saturated rings. The van der Waals surface area contributed by atoms with Gasteiger partial charge < -0.3 is 14.9 Å². The van der Waals surface area contributed by atoms with E-state index in [1.54, 1.807) is 0 Å². The van der Waals surface area contributed by atoms with E-state index in [9.17, 15) is 36.3 Å². The summed E-state index contributed by atoms with van der Waals surface area (Å²) >= 11 is 0. The number of aliphatic carboxylic acids is 1. The van der Waals surface area contributed by atoms with Crippen LogP contribution in [0, 0.1) is 11.6 Å². The average Bonchev–Trinajstić information content (AvgIpc) is 2.95. The Hall–Kier alpha value is -4.36. The molecule has 1 saturated carbocycles. The quantitative estimate of drug-likeness (QED) is 0.458. The highest BCUT2D eigenvalue weighted by molar-refractivity contribution is 5.97. The van der Waals surface area contributed by atoms with Gasteiger partial charge in [0.25, 0.3) is 5.91 Å². The van der Waals surface area contributed by atoms with Crippen molar-refractivity contribution in [2.24, 2.45) is 0 Å². The van der Waals surface area contributed by atoms with Gasteiger partial charge in [0.1, 0.15) is 18.2 Å². The number of rotatable bonds is 4. The summed E-state index contributed by atoms with van der Waals surface area (Å²) in [5, 5.41) is 11.5. The number of alkyl halides is 3. The number of carboxylic acids is 1. The molecule has 3 aromatic rings. The second kappa shape index (κ2) is 12.7. The molecular formula is C28H27F5N4O5. The Balaban J connectivity index is 0.000000517. The predicted octanol–water partition coefficient (Wildman–Crippen LogP) is 3.97. The van der Waals surface area contributed by atoms with E-state index in [-0.39, 0.29) is 36.0 Å². The fourth-order valence-electron chi connectivity index (χ4n) is 5.12. The molecule has 14 heteroatoms. The molecule has 1 N–H and O–H groups in total. The van der Waals surface area contributed by atoms with E-state index in [2.05, 4.69) is 5.10 Å². The lowest BCUT2D eigenvalue weighted by molar-refractivity contribution is -0.192. The Kier molecular flexibility index (Phi) is 9.22. The molecule has 2 aliphatic rings. The molecule has 0 radical (unpaired) electrons. The van der Waals surface area contributed by atoms with E-state index in [0.29, 0.717) is 29.6 Å². The summed E-state index contributed by atoms with van der Waals surface area (Å²) in [6, 6.07) is 8.21. The number of fused-ring (bicyclic) bond motifs is 1. The van der Waals surface area contributed by atoms with Crippen LogP contribution in [0.2, 0.25) is 0 Å². The summed E-state index contributed by atoms with van der Waals surface area (Å²) in [5.41, 5.74) is 0.406. The zero-order valence-corrected chi connectivity index (χ0v) is 22.2. The average molecular weight is 595 g/mol. The zero-order valence-electron chi connectivity index (χ0n) is 22.2. The molecule has 1 aliphatic heterocycles. The van der Waals surface area contributed by atoms with Gasteiger partial charge in [-0.25, -0.2) is 13.6 Å². The summed E-state index contributed by atoms with van der Waals surface area (Å²) in [7, 11) is 0. The van der Waals surface area contributed by atoms with E-state index in [4.69, 9.17) is 9.90 Å². The van der Waals surface area contributed by atoms with Crippen LogP contribution in [-0.2, 0) is 16.1 Å². The smallest absolute Gasteiger partial charge is 0.475 e. The number of aromatic nitrogens is 2. The van der Waals surface area contributed by atoms with E-state index in [0.717, 1.165) is 31.9 Å². The minimum atomic E-state index is -5.08. The number of piperazine rings is 1. The lowest BCUT2D eigenvalue weighted by atomic mass is 9.93. The van der Waals surface area contributed by atoms with Crippen LogP contribution in [0.1, 0.15) is 48.0 Å². The largest absolute Gasteiger partial charge is 0.490 e. The molecule has 1 aromatic heterocycles. The van der Waals surface area contributed by atoms with Gasteiger partial charge in [-0.1, -0.05) is 25.3 Å². The molecular weight excluding hydrogens is 567 g/mol. The van der Waals surface area contributed by atoms with Gasteiger partial charge in [0.15, 0.2) is 0 Å². The number of amides is 2. The molecule has 0 atom stereocenters. The van der Waals surface area contributed by atoms with Crippen molar-refractivity contribution in [3.05, 3.63) is 75.6 Å². The molecule has 0 spiro atoms. The van der Waals surface area contributed by atoms with E-state index in [1.807, 2.05) is 4.90 Å². The molecule has 42 heavy (non-hydrogen) atoms. The molecule has 0 bridgehead atoms. The number of carboxylic acid groups (broad SMARTS) is 1. The third kappa shape index (κ3) is 7.09. The maximum Gasteiger partial charge on any atom is 0.490 e. The number of hydrogen-bond acceptors (Lipinski definition) is 5. The van der Waals surface area contributed by atoms with Crippen molar-refractivity contribution >= 4 is 28.7 Å². The second-order valence-corrected chi connectivity index (χ2v) is 10.1. The fraction of sp³-hybridized carbons (Fsp3) is 0.393. The van der Waals surface area contributed by atoms with E-state index >= 15 is 0 Å². The Morgan fingerprint density at radius 2 is 1.67 bits per heavy atom. The normalized spacial score (nSPS) is 16.3. The van der Waals surface area contributed by atoms with Crippen molar-refractivity contribution in [1.82, 2.24) is 19.6 Å². The summed E-state index contributed by atoms with van der Waals surface area (Å²) in [6.07, 6.45) is 1.47. The standard InChI is InChI=1S/C26H26F2N4O3.C2HF3O2/c27-18-7-8-20-23(13-18)32(29-14-24(20)33)15-17-6-9-22(28)21(12-17)26(35)30-10-11-31(25(34)16-30)19-4-2-1-3-5-19;3-2(4,5)1(6)7/h6-9,12-14,19H,1-5,10-11,15-16H2;(H,6,7). The summed E-state index contributed by atoms with van der Waals surface area (Å²) < 4.78 is 61.7.